The molecular weight excluding hydrogens is 368 g/mol. The minimum absolute atomic E-state index is 0.205. The van der Waals surface area contributed by atoms with E-state index in [-0.39, 0.29) is 12.5 Å². The van der Waals surface area contributed by atoms with Crippen molar-refractivity contribution in [2.24, 2.45) is 0 Å². The lowest BCUT2D eigenvalue weighted by atomic mass is 10.1. The molecule has 1 aromatic heterocycles. The first-order valence-corrected chi connectivity index (χ1v) is 10.2. The first-order valence-electron chi connectivity index (χ1n) is 10.2. The molecule has 29 heavy (non-hydrogen) atoms. The van der Waals surface area contributed by atoms with Crippen LogP contribution < -0.4 is 15.5 Å². The van der Waals surface area contributed by atoms with Gasteiger partial charge in [-0.2, -0.15) is 0 Å². The summed E-state index contributed by atoms with van der Waals surface area (Å²) < 4.78 is 5.34. The fraction of sp³-hybridized carbons (Fsp3) is 0.455. The second-order valence-electron chi connectivity index (χ2n) is 7.65. The molecule has 1 atom stereocenters. The zero-order valence-electron chi connectivity index (χ0n) is 16.5. The van der Waals surface area contributed by atoms with E-state index in [9.17, 15) is 9.90 Å². The van der Waals surface area contributed by atoms with Gasteiger partial charge in [0.15, 0.2) is 0 Å². The van der Waals surface area contributed by atoms with Gasteiger partial charge in [-0.05, 0) is 36.1 Å². The number of hydrogen-bond acceptors (Lipinski definition) is 6. The number of anilines is 1. The zero-order chi connectivity index (χ0) is 20.1. The van der Waals surface area contributed by atoms with Crippen molar-refractivity contribution in [2.45, 2.75) is 25.0 Å². The third-order valence-corrected chi connectivity index (χ3v) is 5.54. The van der Waals surface area contributed by atoms with Gasteiger partial charge in [0.1, 0.15) is 5.82 Å². The minimum atomic E-state index is -0.636. The number of aliphatic hydroxyl groups excluding tert-OH is 1. The maximum Gasteiger partial charge on any atom is 0.252 e. The summed E-state index contributed by atoms with van der Waals surface area (Å²) in [6.07, 6.45) is 2.91. The molecule has 7 heteroatoms. The molecule has 154 valence electrons. The molecule has 2 aliphatic rings. The summed E-state index contributed by atoms with van der Waals surface area (Å²) in [7, 11) is 0. The Morgan fingerprint density at radius 2 is 1.86 bits per heavy atom. The highest BCUT2D eigenvalue weighted by Crippen LogP contribution is 2.21. The SMILES string of the molecule is O=C(NC[C@H](O)CNC1Cc2ccccc2C1)c1ccc(N2CCOCC2)nc1. The van der Waals surface area contributed by atoms with Crippen LogP contribution in [0.2, 0.25) is 0 Å². The average molecular weight is 396 g/mol. The van der Waals surface area contributed by atoms with E-state index in [2.05, 4.69) is 44.8 Å². The first-order chi connectivity index (χ1) is 14.2. The number of amides is 1. The molecule has 0 saturated carbocycles. The summed E-state index contributed by atoms with van der Waals surface area (Å²) in [6.45, 7) is 3.67. The van der Waals surface area contributed by atoms with E-state index in [0.29, 0.717) is 31.4 Å². The summed E-state index contributed by atoms with van der Waals surface area (Å²) in [5.41, 5.74) is 3.25. The lowest BCUT2D eigenvalue weighted by Crippen LogP contribution is -2.41. The van der Waals surface area contributed by atoms with Crippen molar-refractivity contribution in [3.63, 3.8) is 0 Å². The van der Waals surface area contributed by atoms with Gasteiger partial charge < -0.3 is 25.4 Å². The third-order valence-electron chi connectivity index (χ3n) is 5.54. The molecule has 1 aliphatic heterocycles. The van der Waals surface area contributed by atoms with E-state index in [4.69, 9.17) is 4.74 Å². The molecule has 1 fully saturated rings. The van der Waals surface area contributed by atoms with Crippen LogP contribution in [-0.4, -0.2) is 67.5 Å². The van der Waals surface area contributed by atoms with Crippen LogP contribution >= 0.6 is 0 Å². The van der Waals surface area contributed by atoms with Gasteiger partial charge in [-0.1, -0.05) is 24.3 Å². The highest BCUT2D eigenvalue weighted by atomic mass is 16.5. The summed E-state index contributed by atoms with van der Waals surface area (Å²) >= 11 is 0. The van der Waals surface area contributed by atoms with Crippen molar-refractivity contribution < 1.29 is 14.6 Å². The molecule has 2 aromatic rings. The molecule has 0 spiro atoms. The summed E-state index contributed by atoms with van der Waals surface area (Å²) in [5.74, 6) is 0.630. The maximum absolute atomic E-state index is 12.3. The van der Waals surface area contributed by atoms with E-state index in [1.54, 1.807) is 12.3 Å². The molecule has 1 aliphatic carbocycles. The standard InChI is InChI=1S/C22H28N4O3/c27-20(14-23-19-11-16-3-1-2-4-17(16)12-19)15-25-22(28)18-5-6-21(24-13-18)26-7-9-29-10-8-26/h1-6,13,19-20,23,27H,7-12,14-15H2,(H,25,28)/t20-/m1/s1. The van der Waals surface area contributed by atoms with Gasteiger partial charge in [-0.25, -0.2) is 4.98 Å². The number of nitrogens with one attached hydrogen (secondary N) is 2. The largest absolute Gasteiger partial charge is 0.390 e. The fourth-order valence-corrected chi connectivity index (χ4v) is 3.89. The molecule has 1 amide bonds. The highest BCUT2D eigenvalue weighted by Gasteiger charge is 2.21. The van der Waals surface area contributed by atoms with E-state index < -0.39 is 6.10 Å². The Morgan fingerprint density at radius 1 is 1.14 bits per heavy atom. The highest BCUT2D eigenvalue weighted by molar-refractivity contribution is 5.94. The predicted octanol–water partition coefficient (Wildman–Crippen LogP) is 0.766. The fourth-order valence-electron chi connectivity index (χ4n) is 3.89. The third kappa shape index (κ3) is 5.12. The molecule has 7 nitrogen and oxygen atoms in total. The number of carbonyl (C=O) groups is 1. The van der Waals surface area contributed by atoms with E-state index >= 15 is 0 Å². The summed E-state index contributed by atoms with van der Waals surface area (Å²) in [4.78, 5) is 18.9. The van der Waals surface area contributed by atoms with Crippen LogP contribution in [0, 0.1) is 0 Å². The van der Waals surface area contributed by atoms with Gasteiger partial charge in [0.25, 0.3) is 5.91 Å². The number of benzene rings is 1. The van der Waals surface area contributed by atoms with Gasteiger partial charge in [0, 0.05) is 38.4 Å². The van der Waals surface area contributed by atoms with Gasteiger partial charge in [-0.3, -0.25) is 4.79 Å². The molecule has 1 aromatic carbocycles. The number of ether oxygens (including phenoxy) is 1. The molecule has 0 bridgehead atoms. The summed E-state index contributed by atoms with van der Waals surface area (Å²) in [6, 6.07) is 12.4. The molecule has 0 radical (unpaired) electrons. The Balaban J connectivity index is 1.19. The second-order valence-corrected chi connectivity index (χ2v) is 7.65. The monoisotopic (exact) mass is 396 g/mol. The number of fused-ring (bicyclic) bond motifs is 1. The minimum Gasteiger partial charge on any atom is -0.390 e. The topological polar surface area (TPSA) is 86.7 Å². The van der Waals surface area contributed by atoms with Crippen LogP contribution in [0.1, 0.15) is 21.5 Å². The van der Waals surface area contributed by atoms with Gasteiger partial charge in [0.2, 0.25) is 0 Å². The molecular formula is C22H28N4O3. The number of morpholine rings is 1. The Morgan fingerprint density at radius 3 is 2.52 bits per heavy atom. The Bertz CT molecular complexity index is 796. The van der Waals surface area contributed by atoms with Crippen molar-refractivity contribution >= 4 is 11.7 Å². The van der Waals surface area contributed by atoms with Crippen LogP contribution in [0.15, 0.2) is 42.6 Å². The predicted molar refractivity (Wildman–Crippen MR) is 111 cm³/mol. The number of pyridine rings is 1. The Hall–Kier alpha value is -2.48. The van der Waals surface area contributed by atoms with Crippen LogP contribution in [0.5, 0.6) is 0 Å². The lowest BCUT2D eigenvalue weighted by Gasteiger charge is -2.27. The van der Waals surface area contributed by atoms with Crippen molar-refractivity contribution in [1.82, 2.24) is 15.6 Å². The number of hydrogen-bond donors (Lipinski definition) is 3. The Labute approximate surface area is 171 Å². The molecule has 2 heterocycles. The number of aromatic nitrogens is 1. The number of rotatable bonds is 7. The molecule has 4 rings (SSSR count). The van der Waals surface area contributed by atoms with Gasteiger partial charge in [0.05, 0.1) is 24.9 Å². The van der Waals surface area contributed by atoms with E-state index in [1.165, 1.54) is 11.1 Å². The maximum atomic E-state index is 12.3. The smallest absolute Gasteiger partial charge is 0.252 e. The van der Waals surface area contributed by atoms with Crippen molar-refractivity contribution in [3.05, 3.63) is 59.3 Å². The van der Waals surface area contributed by atoms with Crippen molar-refractivity contribution in [2.75, 3.05) is 44.3 Å². The molecule has 3 N–H and O–H groups in total. The van der Waals surface area contributed by atoms with Crippen LogP contribution in [-0.2, 0) is 17.6 Å². The number of nitrogens with zero attached hydrogens (tertiary/aromatic N) is 2. The van der Waals surface area contributed by atoms with E-state index in [0.717, 1.165) is 31.7 Å². The van der Waals surface area contributed by atoms with Crippen LogP contribution in [0.3, 0.4) is 0 Å². The van der Waals surface area contributed by atoms with Gasteiger partial charge in [-0.15, -0.1) is 0 Å². The second kappa shape index (κ2) is 9.35. The first kappa shape index (κ1) is 19.8. The van der Waals surface area contributed by atoms with Crippen molar-refractivity contribution in [3.8, 4) is 0 Å². The lowest BCUT2D eigenvalue weighted by molar-refractivity contribution is 0.0913. The van der Waals surface area contributed by atoms with Crippen LogP contribution in [0.25, 0.3) is 0 Å². The van der Waals surface area contributed by atoms with Crippen molar-refractivity contribution in [1.29, 1.82) is 0 Å². The van der Waals surface area contributed by atoms with Crippen LogP contribution in [0.4, 0.5) is 5.82 Å². The zero-order valence-corrected chi connectivity index (χ0v) is 16.5. The number of carbonyl (C=O) groups excluding carboxylic acids is 1. The molecule has 1 saturated heterocycles. The molecule has 0 unspecified atom stereocenters. The average Bonchev–Trinajstić information content (AvgIpc) is 3.20. The summed E-state index contributed by atoms with van der Waals surface area (Å²) in [5, 5.41) is 16.4. The Kier molecular flexibility index (Phi) is 6.39. The normalized spacial score (nSPS) is 17.8. The quantitative estimate of drug-likeness (QED) is 0.641. The van der Waals surface area contributed by atoms with E-state index in [1.807, 2.05) is 6.07 Å². The van der Waals surface area contributed by atoms with Gasteiger partial charge >= 0.3 is 0 Å². The number of aliphatic hydroxyl groups is 1.